The molecule has 1 aromatic rings. The number of rotatable bonds is 8. The van der Waals surface area contributed by atoms with Crippen LogP contribution in [0.2, 0.25) is 0 Å². The molecule has 0 unspecified atom stereocenters. The number of carbonyl (C=O) groups is 2. The molecule has 172 valence electrons. The molecule has 1 amide bonds. The molecular weight excluding hydrogens is 386 g/mol. The molecule has 0 aliphatic heterocycles. The van der Waals surface area contributed by atoms with Crippen molar-refractivity contribution < 1.29 is 14.3 Å². The minimum absolute atomic E-state index is 0.196. The van der Waals surface area contributed by atoms with E-state index >= 15 is 0 Å². The number of allylic oxidation sites excluding steroid dienone is 5. The summed E-state index contributed by atoms with van der Waals surface area (Å²) in [7, 11) is 3.21. The number of nitrogens with one attached hydrogen (secondary N) is 1. The van der Waals surface area contributed by atoms with Crippen molar-refractivity contribution in [1.82, 2.24) is 5.32 Å². The third kappa shape index (κ3) is 12.0. The zero-order valence-electron chi connectivity index (χ0n) is 20.9. The lowest BCUT2D eigenvalue weighted by Gasteiger charge is -2.12. The third-order valence-corrected chi connectivity index (χ3v) is 5.11. The van der Waals surface area contributed by atoms with Crippen molar-refractivity contribution in [3.8, 4) is 5.75 Å². The quantitative estimate of drug-likeness (QED) is 0.304. The molecule has 0 aromatic heterocycles. The van der Waals surface area contributed by atoms with E-state index in [0.717, 1.165) is 29.6 Å². The summed E-state index contributed by atoms with van der Waals surface area (Å²) in [5, 5.41) is 2.56. The lowest BCUT2D eigenvalue weighted by atomic mass is 9.94. The lowest BCUT2D eigenvalue weighted by molar-refractivity contribution is -0.117. The van der Waals surface area contributed by atoms with Crippen LogP contribution in [0.15, 0.2) is 58.7 Å². The smallest absolute Gasteiger partial charge is 0.246 e. The van der Waals surface area contributed by atoms with Gasteiger partial charge in [-0.15, -0.1) is 0 Å². The first kappa shape index (κ1) is 28.4. The van der Waals surface area contributed by atoms with Crippen molar-refractivity contribution in [2.24, 2.45) is 5.41 Å². The molecule has 0 bridgehead atoms. The van der Waals surface area contributed by atoms with Crippen LogP contribution in [-0.2, 0) is 16.0 Å². The number of ether oxygens (including phenoxy) is 1. The van der Waals surface area contributed by atoms with Crippen molar-refractivity contribution >= 4 is 12.2 Å². The minimum atomic E-state index is -0.196. The normalized spacial score (nSPS) is 12.9. The number of aldehydes is 1. The molecule has 1 N–H and O–H groups in total. The van der Waals surface area contributed by atoms with Gasteiger partial charge in [0.15, 0.2) is 0 Å². The Labute approximate surface area is 189 Å². The fraction of sp³-hybridized carbons (Fsp3) is 0.481. The molecule has 1 aromatic carbocycles. The second kappa shape index (κ2) is 14.4. The second-order valence-electron chi connectivity index (χ2n) is 8.77. The summed E-state index contributed by atoms with van der Waals surface area (Å²) in [6.07, 6.45) is 7.10. The van der Waals surface area contributed by atoms with E-state index in [1.165, 1.54) is 12.0 Å². The van der Waals surface area contributed by atoms with Gasteiger partial charge in [-0.25, -0.2) is 0 Å². The van der Waals surface area contributed by atoms with E-state index in [1.54, 1.807) is 27.2 Å². The van der Waals surface area contributed by atoms with E-state index in [9.17, 15) is 9.59 Å². The Hall–Kier alpha value is -2.62. The van der Waals surface area contributed by atoms with Gasteiger partial charge >= 0.3 is 0 Å². The van der Waals surface area contributed by atoms with Gasteiger partial charge in [-0.05, 0) is 67.5 Å². The number of hydrogen-bond acceptors (Lipinski definition) is 3. The monoisotopic (exact) mass is 427 g/mol. The molecule has 0 fully saturated rings. The first-order valence-corrected chi connectivity index (χ1v) is 10.9. The number of likely N-dealkylation sites (N-methyl/N-ethyl adjacent to an activating group) is 1. The van der Waals surface area contributed by atoms with Crippen molar-refractivity contribution in [1.29, 1.82) is 0 Å². The molecule has 0 radical (unpaired) electrons. The van der Waals surface area contributed by atoms with Crippen LogP contribution in [-0.4, -0.2) is 26.4 Å². The topological polar surface area (TPSA) is 55.4 Å². The molecule has 1 rings (SSSR count). The highest BCUT2D eigenvalue weighted by Gasteiger charge is 2.07. The van der Waals surface area contributed by atoms with E-state index in [-0.39, 0.29) is 5.91 Å². The maximum absolute atomic E-state index is 11.7. The van der Waals surface area contributed by atoms with Crippen LogP contribution < -0.4 is 10.1 Å². The Morgan fingerprint density at radius 1 is 1.13 bits per heavy atom. The molecule has 0 saturated heterocycles. The van der Waals surface area contributed by atoms with Crippen LogP contribution in [0.25, 0.3) is 0 Å². The summed E-state index contributed by atoms with van der Waals surface area (Å²) < 4.78 is 5.28. The summed E-state index contributed by atoms with van der Waals surface area (Å²) in [5.74, 6) is 0.610. The van der Waals surface area contributed by atoms with Crippen LogP contribution in [0.1, 0.15) is 66.9 Å². The molecule has 0 heterocycles. The average molecular weight is 428 g/mol. The summed E-state index contributed by atoms with van der Waals surface area (Å²) in [4.78, 5) is 23.1. The Balaban J connectivity index is 0.00000131. The van der Waals surface area contributed by atoms with Gasteiger partial charge in [0.25, 0.3) is 0 Å². The van der Waals surface area contributed by atoms with Crippen molar-refractivity contribution in [2.75, 3.05) is 14.2 Å². The highest BCUT2D eigenvalue weighted by Crippen LogP contribution is 2.21. The highest BCUT2D eigenvalue weighted by molar-refractivity contribution is 5.95. The second-order valence-corrected chi connectivity index (χ2v) is 8.77. The fourth-order valence-corrected chi connectivity index (χ4v) is 2.38. The number of benzene rings is 1. The number of hydrogen-bond donors (Lipinski definition) is 1. The van der Waals surface area contributed by atoms with E-state index in [4.69, 9.17) is 4.74 Å². The number of amides is 1. The number of methoxy groups -OCH3 is 1. The summed E-state index contributed by atoms with van der Waals surface area (Å²) in [5.41, 5.74) is 4.89. The molecule has 31 heavy (non-hydrogen) atoms. The number of carbonyl (C=O) groups excluding carboxylic acids is 2. The molecule has 0 aliphatic rings. The van der Waals surface area contributed by atoms with Gasteiger partial charge in [0.1, 0.15) is 12.0 Å². The van der Waals surface area contributed by atoms with Gasteiger partial charge in [-0.2, -0.15) is 0 Å². The third-order valence-electron chi connectivity index (χ3n) is 5.11. The molecular formula is C27H41NO3. The summed E-state index contributed by atoms with van der Waals surface area (Å²) in [6, 6.07) is 7.88. The molecule has 4 heteroatoms. The predicted molar refractivity (Wildman–Crippen MR) is 131 cm³/mol. The van der Waals surface area contributed by atoms with E-state index in [1.807, 2.05) is 30.3 Å². The first-order valence-electron chi connectivity index (χ1n) is 10.9. The average Bonchev–Trinajstić information content (AvgIpc) is 2.76. The summed E-state index contributed by atoms with van der Waals surface area (Å²) >= 11 is 0. The zero-order valence-corrected chi connectivity index (χ0v) is 20.9. The Kier molecular flexibility index (Phi) is 13.2. The van der Waals surface area contributed by atoms with Gasteiger partial charge in [-0.1, -0.05) is 58.7 Å². The van der Waals surface area contributed by atoms with Crippen molar-refractivity contribution in [3.05, 3.63) is 64.3 Å². The molecule has 0 atom stereocenters. The summed E-state index contributed by atoms with van der Waals surface area (Å²) in [6.45, 7) is 14.8. The van der Waals surface area contributed by atoms with Gasteiger partial charge in [0.05, 0.1) is 7.11 Å². The van der Waals surface area contributed by atoms with E-state index in [0.29, 0.717) is 23.0 Å². The SMILES string of the molecule is CC/C(C)=C(/C=C(C=O)\C=C(/C)C(=O)NC)Cc1cccc(OC)c1.CCC(C)(C)C. The highest BCUT2D eigenvalue weighted by atomic mass is 16.5. The molecule has 0 aliphatic carbocycles. The van der Waals surface area contributed by atoms with Crippen LogP contribution in [0.4, 0.5) is 0 Å². The molecule has 0 spiro atoms. The van der Waals surface area contributed by atoms with Gasteiger partial charge < -0.3 is 10.1 Å². The maximum atomic E-state index is 11.7. The Morgan fingerprint density at radius 2 is 1.74 bits per heavy atom. The van der Waals surface area contributed by atoms with Crippen LogP contribution in [0.5, 0.6) is 5.75 Å². The maximum Gasteiger partial charge on any atom is 0.246 e. The van der Waals surface area contributed by atoms with Gasteiger partial charge in [0.2, 0.25) is 5.91 Å². The lowest BCUT2D eigenvalue weighted by Crippen LogP contribution is -2.18. The van der Waals surface area contributed by atoms with E-state index in [2.05, 4.69) is 46.9 Å². The predicted octanol–water partition coefficient (Wildman–Crippen LogP) is 6.22. The van der Waals surface area contributed by atoms with E-state index < -0.39 is 0 Å². The standard InChI is InChI=1S/C21H27NO3.C6H14/c1-6-15(2)19(11-17-8-7-9-20(13-17)25-5)12-18(14-23)10-16(3)21(24)22-4;1-5-6(2,3)4/h7-10,12-14H,6,11H2,1-5H3,(H,22,24);5H2,1-4H3/b16-10+,18-12+,19-15+;. The largest absolute Gasteiger partial charge is 0.497 e. The van der Waals surface area contributed by atoms with Crippen molar-refractivity contribution in [3.63, 3.8) is 0 Å². The van der Waals surface area contributed by atoms with Gasteiger partial charge in [-0.3, -0.25) is 9.59 Å². The Bertz CT molecular complexity index is 808. The Morgan fingerprint density at radius 3 is 2.19 bits per heavy atom. The van der Waals surface area contributed by atoms with Crippen molar-refractivity contribution in [2.45, 2.75) is 67.7 Å². The first-order chi connectivity index (χ1) is 14.5. The van der Waals surface area contributed by atoms with Crippen LogP contribution in [0, 0.1) is 5.41 Å². The zero-order chi connectivity index (χ0) is 24.0. The molecule has 4 nitrogen and oxygen atoms in total. The van der Waals surface area contributed by atoms with Crippen LogP contribution in [0.3, 0.4) is 0 Å². The molecule has 0 saturated carbocycles. The van der Waals surface area contributed by atoms with Crippen LogP contribution >= 0.6 is 0 Å². The van der Waals surface area contributed by atoms with Gasteiger partial charge in [0, 0.05) is 18.2 Å². The fourth-order valence-electron chi connectivity index (χ4n) is 2.38. The minimum Gasteiger partial charge on any atom is -0.497 e.